The van der Waals surface area contributed by atoms with Gasteiger partial charge in [0.1, 0.15) is 0 Å². The number of hydrogen-bond donors (Lipinski definition) is 0. The molecule has 122 heavy (non-hydrogen) atoms. The maximum atomic E-state index is 3.08. The summed E-state index contributed by atoms with van der Waals surface area (Å²) in [7, 11) is -19.3. The second kappa shape index (κ2) is 36.1. The van der Waals surface area contributed by atoms with E-state index in [0.29, 0.717) is 133 Å². The molecule has 0 fully saturated rings. The highest BCUT2D eigenvalue weighted by molar-refractivity contribution is 7.13. The molecule has 0 aromatic heterocycles. The predicted octanol–water partition coefficient (Wildman–Crippen LogP) is 28.7. The topological polar surface area (TPSA) is 0 Å². The third-order valence-corrected chi connectivity index (χ3v) is 94.0. The van der Waals surface area contributed by atoms with E-state index in [-0.39, 0.29) is 13.4 Å². The van der Waals surface area contributed by atoms with E-state index < -0.39 is 64.6 Å². The molecule has 0 radical (unpaired) electrons. The summed E-state index contributed by atoms with van der Waals surface area (Å²) in [6.07, 6.45) is 0. The third kappa shape index (κ3) is 14.1. The molecule has 8 aromatic carbocycles. The summed E-state index contributed by atoms with van der Waals surface area (Å²) in [6, 6.07) is 46.0. The normalized spacial score (nSPS) is 14.8. The van der Waals surface area contributed by atoms with E-state index >= 15 is 0 Å². The van der Waals surface area contributed by atoms with E-state index in [1.807, 2.05) is 20.7 Å². The van der Waals surface area contributed by atoms with Crippen molar-refractivity contribution in [2.75, 3.05) is 0 Å². The molecule has 2 heterocycles. The molecule has 8 aromatic rings. The van der Waals surface area contributed by atoms with Crippen LogP contribution in [-0.2, 0) is 0 Å². The lowest BCUT2D eigenvalue weighted by atomic mass is 9.37. The minimum absolute atomic E-state index is 0.0469. The largest absolute Gasteiger partial charge is 0.243 e. The molecule has 10 heteroatoms. The van der Waals surface area contributed by atoms with Gasteiger partial charge >= 0.3 is 0 Å². The molecular formula is C112H184B2Si8. The maximum Gasteiger partial charge on any atom is 0.243 e. The zero-order chi connectivity index (χ0) is 92.2. The first-order chi connectivity index (χ1) is 56.4. The van der Waals surface area contributed by atoms with Gasteiger partial charge in [0.2, 0.25) is 13.4 Å². The Bertz CT molecular complexity index is 4320. The van der Waals surface area contributed by atoms with Crippen LogP contribution in [0, 0.1) is 0 Å². The van der Waals surface area contributed by atoms with Crippen molar-refractivity contribution in [3.8, 4) is 22.3 Å². The van der Waals surface area contributed by atoms with Crippen molar-refractivity contribution in [1.82, 2.24) is 0 Å². The molecule has 2 aliphatic rings. The van der Waals surface area contributed by atoms with E-state index in [1.165, 1.54) is 32.3 Å². The third-order valence-electron chi connectivity index (χ3n) is 37.6. The van der Waals surface area contributed by atoms with Gasteiger partial charge in [0.25, 0.3) is 0 Å². The van der Waals surface area contributed by atoms with Gasteiger partial charge in [0.05, 0.1) is 64.6 Å². The van der Waals surface area contributed by atoms with E-state index in [9.17, 15) is 0 Å². The average molecular weight is 1780 g/mol. The Morgan fingerprint density at radius 1 is 0.164 bits per heavy atom. The molecular weight excluding hydrogens is 1590 g/mol. The van der Waals surface area contributed by atoms with Gasteiger partial charge in [-0.2, -0.15) is 0 Å². The Hall–Kier alpha value is -3.34. The monoisotopic (exact) mass is 1780 g/mol. The molecule has 0 amide bonds. The Kier molecular flexibility index (Phi) is 29.8. The SMILES string of the molecule is CC(C)[Si](c1cc2c(c([Si](C(C)C)(C(C)C)C(C)C)c1)B(c1ccc3ccc4c(B5c6c(cc([Si](C(C)C)(C(C)C)C(C)C)cc6[Si](C(C)C)(C(C)C)C(C)C)-c6cc([Si](C(C)C)(C(C)C)C(C)C)cc([Si](C(C)C)(C(C)C)C(C)C)c65)ccc5ccc1c3c54)c1c-2cc([Si](C(C)C)(C(C)C)C(C)C)cc1[Si](C(C)C)(C(C)C)C(C)C)(C(C)C)C(C)C. The molecule has 0 aliphatic carbocycles. The molecule has 670 valence electrons. The highest BCUT2D eigenvalue weighted by Crippen LogP contribution is 2.53. The van der Waals surface area contributed by atoms with Gasteiger partial charge in [-0.25, -0.2) is 0 Å². The highest BCUT2D eigenvalue weighted by Gasteiger charge is 2.60. The zero-order valence-corrected chi connectivity index (χ0v) is 96.2. The van der Waals surface area contributed by atoms with E-state index in [1.54, 1.807) is 75.8 Å². The first-order valence-electron chi connectivity index (χ1n) is 50.9. The highest BCUT2D eigenvalue weighted by atomic mass is 28.3. The molecule has 0 bridgehead atoms. The van der Waals surface area contributed by atoms with Crippen LogP contribution < -0.4 is 74.3 Å². The second-order valence-corrected chi connectivity index (χ2v) is 95.8. The van der Waals surface area contributed by atoms with Crippen molar-refractivity contribution in [3.63, 3.8) is 0 Å². The number of rotatable bonds is 34. The van der Waals surface area contributed by atoms with E-state index in [0.717, 1.165) is 0 Å². The molecule has 0 saturated carbocycles. The average Bonchev–Trinajstić information content (AvgIpc) is 1.51. The predicted molar refractivity (Wildman–Crippen MR) is 589 cm³/mol. The maximum absolute atomic E-state index is 3.08. The van der Waals surface area contributed by atoms with Crippen molar-refractivity contribution < 1.29 is 0 Å². The number of fused-ring (bicyclic) bond motifs is 6. The summed E-state index contributed by atoms with van der Waals surface area (Å²) < 4.78 is 0. The van der Waals surface area contributed by atoms with Crippen molar-refractivity contribution in [3.05, 3.63) is 97.1 Å². The van der Waals surface area contributed by atoms with Gasteiger partial charge in [-0.05, 0) is 188 Å². The molecule has 0 N–H and O–H groups in total. The summed E-state index contributed by atoms with van der Waals surface area (Å²) in [5.41, 5.74) is 29.8. The van der Waals surface area contributed by atoms with Gasteiger partial charge < -0.3 is 0 Å². The van der Waals surface area contributed by atoms with Crippen LogP contribution in [0.1, 0.15) is 332 Å². The molecule has 2 aliphatic heterocycles. The summed E-state index contributed by atoms with van der Waals surface area (Å²) in [5, 5.41) is 23.1. The van der Waals surface area contributed by atoms with Crippen molar-refractivity contribution in [2.45, 2.75) is 465 Å². The van der Waals surface area contributed by atoms with Crippen molar-refractivity contribution >= 4 is 185 Å². The lowest BCUT2D eigenvalue weighted by Crippen LogP contribution is -2.71. The number of hydrogen-bond acceptors (Lipinski definition) is 0. The van der Waals surface area contributed by atoms with Gasteiger partial charge in [0.15, 0.2) is 0 Å². The molecule has 0 atom stereocenters. The first-order valence-corrected chi connectivity index (χ1v) is 68.7. The van der Waals surface area contributed by atoms with Crippen LogP contribution >= 0.6 is 0 Å². The molecule has 0 spiro atoms. The lowest BCUT2D eigenvalue weighted by molar-refractivity contribution is 0.832. The van der Waals surface area contributed by atoms with Crippen LogP contribution in [0.15, 0.2) is 97.1 Å². The zero-order valence-electron chi connectivity index (χ0n) is 88.2. The van der Waals surface area contributed by atoms with E-state index in [4.69, 9.17) is 0 Å². The van der Waals surface area contributed by atoms with Crippen LogP contribution in [0.5, 0.6) is 0 Å². The Balaban J connectivity index is 1.57. The minimum Gasteiger partial charge on any atom is -0.0657 e. The van der Waals surface area contributed by atoms with Gasteiger partial charge in [-0.1, -0.05) is 504 Å². The molecule has 0 nitrogen and oxygen atoms in total. The van der Waals surface area contributed by atoms with Crippen molar-refractivity contribution in [2.24, 2.45) is 0 Å². The van der Waals surface area contributed by atoms with Crippen LogP contribution in [-0.4, -0.2) is 78.0 Å². The quantitative estimate of drug-likeness (QED) is 0.0279. The first kappa shape index (κ1) is 101. The summed E-state index contributed by atoms with van der Waals surface area (Å²) in [4.78, 5) is 0. The summed E-state index contributed by atoms with van der Waals surface area (Å²) in [6.45, 7) is 129. The van der Waals surface area contributed by atoms with E-state index in [2.05, 4.69) is 429 Å². The van der Waals surface area contributed by atoms with Gasteiger partial charge in [-0.15, -0.1) is 0 Å². The minimum atomic E-state index is -2.52. The molecule has 0 saturated heterocycles. The molecule has 10 rings (SSSR count). The van der Waals surface area contributed by atoms with Gasteiger partial charge in [-0.3, -0.25) is 0 Å². The second-order valence-electron chi connectivity index (χ2n) is 48.7. The fraction of sp³-hybridized carbons (Fsp3) is 0.643. The smallest absolute Gasteiger partial charge is 0.0657 e. The van der Waals surface area contributed by atoms with Crippen molar-refractivity contribution in [1.29, 1.82) is 0 Å². The van der Waals surface area contributed by atoms with Crippen LogP contribution in [0.25, 0.3) is 54.6 Å². The summed E-state index contributed by atoms with van der Waals surface area (Å²) in [5.74, 6) is 0. The summed E-state index contributed by atoms with van der Waals surface area (Å²) >= 11 is 0. The van der Waals surface area contributed by atoms with Crippen LogP contribution in [0.2, 0.25) is 133 Å². The Labute approximate surface area is 763 Å². The fourth-order valence-electron chi connectivity index (χ4n) is 35.2. The van der Waals surface area contributed by atoms with Crippen LogP contribution in [0.3, 0.4) is 0 Å². The van der Waals surface area contributed by atoms with Gasteiger partial charge in [0, 0.05) is 0 Å². The molecule has 0 unspecified atom stereocenters. The van der Waals surface area contributed by atoms with Crippen LogP contribution in [0.4, 0.5) is 0 Å². The number of benzene rings is 8. The fourth-order valence-corrected chi connectivity index (χ4v) is 91.0. The standard InChI is InChI=1S/C112H184B2Si8/c1-65(2)115(66(3)4,67(5)6)91-57-97-98-58-92(116(68(7)8,69(9)10)70(11)12)62-104(120(80(31)32,81(33)34)82(35)36)110(98)113(109(97)103(61-91)119(77(25)26,78(27)28)79(29)30)101-55-51-89-50-54-96-102(56-52-90-49-53-95(101)107(89)108(90)96)114-111-99(59-93(117(71(13)14,72(15)16)73(17)18)63-105(111)121(83(37)38,84(39)40)85(41)42)100-60-94(118(74(19)20,75(21)22)76(23)24)64-106(112(100)114)122(86(43)44,87(45)46)88(47)48/h49-88H,1-48H3. The Morgan fingerprint density at radius 3 is 0.443 bits per heavy atom. The Morgan fingerprint density at radius 2 is 0.303 bits per heavy atom. The lowest BCUT2D eigenvalue weighted by Gasteiger charge is -2.48.